The fourth-order valence-corrected chi connectivity index (χ4v) is 2.20. The van der Waals surface area contributed by atoms with Crippen LogP contribution in [0.25, 0.3) is 0 Å². The molecule has 1 atom stereocenters. The van der Waals surface area contributed by atoms with Gasteiger partial charge in [0.05, 0.1) is 6.04 Å². The monoisotopic (exact) mass is 310 g/mol. The summed E-state index contributed by atoms with van der Waals surface area (Å²) in [6.45, 7) is 6.90. The van der Waals surface area contributed by atoms with Crippen LogP contribution in [0.5, 0.6) is 0 Å². The Morgan fingerprint density at radius 2 is 1.68 bits per heavy atom. The van der Waals surface area contributed by atoms with Crippen LogP contribution in [0.4, 0.5) is 8.78 Å². The van der Waals surface area contributed by atoms with Crippen molar-refractivity contribution in [3.63, 3.8) is 0 Å². The van der Waals surface area contributed by atoms with Gasteiger partial charge in [-0.05, 0) is 12.1 Å². The number of nitrogens with one attached hydrogen (secondary N) is 1. The van der Waals surface area contributed by atoms with Crippen molar-refractivity contribution in [1.29, 1.82) is 0 Å². The molecule has 19 heavy (non-hydrogen) atoms. The van der Waals surface area contributed by atoms with Crippen molar-refractivity contribution in [2.45, 2.75) is 6.04 Å². The van der Waals surface area contributed by atoms with Gasteiger partial charge in [0.2, 0.25) is 0 Å². The summed E-state index contributed by atoms with van der Waals surface area (Å²) in [4.78, 5) is 2.03. The van der Waals surface area contributed by atoms with Gasteiger partial charge < -0.3 is 5.32 Å². The van der Waals surface area contributed by atoms with Crippen LogP contribution in [-0.2, 0) is 0 Å². The molecule has 1 fully saturated rings. The van der Waals surface area contributed by atoms with E-state index in [1.807, 2.05) is 4.90 Å². The Balaban J connectivity index is 0.00000162. The zero-order valence-corrected chi connectivity index (χ0v) is 12.1. The van der Waals surface area contributed by atoms with E-state index in [0.717, 1.165) is 26.2 Å². The van der Waals surface area contributed by atoms with E-state index in [-0.39, 0.29) is 30.4 Å². The van der Waals surface area contributed by atoms with Crippen LogP contribution in [-0.4, -0.2) is 31.1 Å². The second kappa shape index (κ2) is 8.48. The molecule has 1 heterocycles. The molecule has 0 saturated carbocycles. The molecule has 2 rings (SSSR count). The van der Waals surface area contributed by atoms with Gasteiger partial charge in [0.1, 0.15) is 11.6 Å². The summed E-state index contributed by atoms with van der Waals surface area (Å²) in [5, 5.41) is 3.21. The van der Waals surface area contributed by atoms with Crippen molar-refractivity contribution < 1.29 is 8.78 Å². The second-order valence-corrected chi connectivity index (χ2v) is 4.10. The molecule has 6 heteroatoms. The summed E-state index contributed by atoms with van der Waals surface area (Å²) in [6, 6.07) is 3.57. The Bertz CT molecular complexity index is 389. The van der Waals surface area contributed by atoms with Gasteiger partial charge in [-0.2, -0.15) is 0 Å². The van der Waals surface area contributed by atoms with Gasteiger partial charge in [0.15, 0.2) is 0 Å². The first-order valence-electron chi connectivity index (χ1n) is 5.75. The second-order valence-electron chi connectivity index (χ2n) is 4.10. The van der Waals surface area contributed by atoms with Crippen molar-refractivity contribution in [2.24, 2.45) is 0 Å². The van der Waals surface area contributed by atoms with Crippen molar-refractivity contribution in [3.8, 4) is 0 Å². The van der Waals surface area contributed by atoms with E-state index in [1.165, 1.54) is 18.2 Å². The minimum Gasteiger partial charge on any atom is -0.314 e. The van der Waals surface area contributed by atoms with E-state index < -0.39 is 17.7 Å². The molecule has 2 nitrogen and oxygen atoms in total. The molecule has 0 aromatic heterocycles. The van der Waals surface area contributed by atoms with E-state index >= 15 is 0 Å². The Morgan fingerprint density at radius 3 is 2.16 bits per heavy atom. The largest absolute Gasteiger partial charge is 0.314 e. The van der Waals surface area contributed by atoms with E-state index in [1.54, 1.807) is 6.08 Å². The Kier molecular flexibility index (Phi) is 8.18. The SMILES string of the molecule is C=C[C@H](c1c(F)cccc1F)N1CCNCC1.Cl.Cl. The summed E-state index contributed by atoms with van der Waals surface area (Å²) in [5.74, 6) is -1.01. The molecule has 1 aliphatic heterocycles. The van der Waals surface area contributed by atoms with Gasteiger partial charge in [-0.1, -0.05) is 12.1 Å². The minimum absolute atomic E-state index is 0. The molecule has 0 aliphatic carbocycles. The van der Waals surface area contributed by atoms with Gasteiger partial charge in [-0.15, -0.1) is 31.4 Å². The molecule has 1 N–H and O–H groups in total. The van der Waals surface area contributed by atoms with Crippen LogP contribution >= 0.6 is 24.8 Å². The van der Waals surface area contributed by atoms with Crippen LogP contribution in [0.2, 0.25) is 0 Å². The van der Waals surface area contributed by atoms with E-state index in [4.69, 9.17) is 0 Å². The highest BCUT2D eigenvalue weighted by Crippen LogP contribution is 2.27. The molecular weight excluding hydrogens is 293 g/mol. The predicted octanol–water partition coefficient (Wildman–Crippen LogP) is 2.94. The fourth-order valence-electron chi connectivity index (χ4n) is 2.20. The third-order valence-electron chi connectivity index (χ3n) is 3.06. The normalized spacial score (nSPS) is 16.9. The number of hydrogen-bond donors (Lipinski definition) is 1. The summed E-state index contributed by atoms with van der Waals surface area (Å²) in [7, 11) is 0. The summed E-state index contributed by atoms with van der Waals surface area (Å²) >= 11 is 0. The lowest BCUT2D eigenvalue weighted by molar-refractivity contribution is 0.197. The first-order valence-corrected chi connectivity index (χ1v) is 5.75. The van der Waals surface area contributed by atoms with Gasteiger partial charge in [0.25, 0.3) is 0 Å². The minimum atomic E-state index is -0.506. The lowest BCUT2D eigenvalue weighted by Crippen LogP contribution is -2.45. The van der Waals surface area contributed by atoms with Crippen molar-refractivity contribution in [1.82, 2.24) is 10.2 Å². The van der Waals surface area contributed by atoms with Crippen LogP contribution in [0.1, 0.15) is 11.6 Å². The smallest absolute Gasteiger partial charge is 0.131 e. The van der Waals surface area contributed by atoms with E-state index in [2.05, 4.69) is 11.9 Å². The average molecular weight is 311 g/mol. The average Bonchev–Trinajstić information content (AvgIpc) is 2.35. The van der Waals surface area contributed by atoms with Gasteiger partial charge in [0, 0.05) is 31.7 Å². The highest BCUT2D eigenvalue weighted by molar-refractivity contribution is 5.85. The van der Waals surface area contributed by atoms with Gasteiger partial charge in [-0.3, -0.25) is 4.90 Å². The molecule has 0 unspecified atom stereocenters. The summed E-state index contributed by atoms with van der Waals surface area (Å²) < 4.78 is 27.4. The number of rotatable bonds is 3. The highest BCUT2D eigenvalue weighted by Gasteiger charge is 2.24. The number of hydrogen-bond acceptors (Lipinski definition) is 2. The Morgan fingerprint density at radius 1 is 1.16 bits per heavy atom. The molecule has 108 valence electrons. The molecule has 1 aromatic rings. The maximum atomic E-state index is 13.7. The van der Waals surface area contributed by atoms with Crippen molar-refractivity contribution >= 4 is 24.8 Å². The number of benzene rings is 1. The molecule has 0 spiro atoms. The molecule has 1 saturated heterocycles. The maximum Gasteiger partial charge on any atom is 0.131 e. The quantitative estimate of drug-likeness (QED) is 0.864. The molecular formula is C13H18Cl2F2N2. The van der Waals surface area contributed by atoms with Crippen LogP contribution in [0, 0.1) is 11.6 Å². The Labute approximate surface area is 124 Å². The zero-order chi connectivity index (χ0) is 12.3. The molecule has 0 amide bonds. The van der Waals surface area contributed by atoms with Crippen LogP contribution < -0.4 is 5.32 Å². The summed E-state index contributed by atoms with van der Waals surface area (Å²) in [6.07, 6.45) is 1.60. The van der Waals surface area contributed by atoms with Gasteiger partial charge >= 0.3 is 0 Å². The first-order chi connectivity index (χ1) is 8.24. The topological polar surface area (TPSA) is 15.3 Å². The lowest BCUT2D eigenvalue weighted by atomic mass is 10.0. The molecule has 1 aliphatic rings. The molecule has 0 bridgehead atoms. The standard InChI is InChI=1S/C13H16F2N2.2ClH/c1-2-12(17-8-6-16-7-9-17)13-10(14)4-3-5-11(13)15;;/h2-5,12,16H,1,6-9H2;2*1H/t12-;;/m1../s1. The molecule has 0 radical (unpaired) electrons. The highest BCUT2D eigenvalue weighted by atomic mass is 35.5. The van der Waals surface area contributed by atoms with Gasteiger partial charge in [-0.25, -0.2) is 8.78 Å². The predicted molar refractivity (Wildman–Crippen MR) is 78.2 cm³/mol. The van der Waals surface area contributed by atoms with E-state index in [0.29, 0.717) is 0 Å². The van der Waals surface area contributed by atoms with Crippen LogP contribution in [0.15, 0.2) is 30.9 Å². The number of piperazine rings is 1. The fraction of sp³-hybridized carbons (Fsp3) is 0.385. The number of nitrogens with zero attached hydrogens (tertiary/aromatic N) is 1. The first kappa shape index (κ1) is 18.3. The number of halogens is 4. The van der Waals surface area contributed by atoms with Crippen molar-refractivity contribution in [2.75, 3.05) is 26.2 Å². The third-order valence-corrected chi connectivity index (χ3v) is 3.06. The zero-order valence-electron chi connectivity index (χ0n) is 10.4. The van der Waals surface area contributed by atoms with Crippen LogP contribution in [0.3, 0.4) is 0 Å². The maximum absolute atomic E-state index is 13.7. The van der Waals surface area contributed by atoms with E-state index in [9.17, 15) is 8.78 Å². The third kappa shape index (κ3) is 4.14. The lowest BCUT2D eigenvalue weighted by Gasteiger charge is -2.33. The summed E-state index contributed by atoms with van der Waals surface area (Å²) in [5.41, 5.74) is 0.101. The van der Waals surface area contributed by atoms with Crippen molar-refractivity contribution in [3.05, 3.63) is 48.1 Å². The molecule has 1 aromatic carbocycles. The Hall–Kier alpha value is -0.680.